The van der Waals surface area contributed by atoms with E-state index >= 15 is 0 Å². The van der Waals surface area contributed by atoms with E-state index in [0.717, 1.165) is 11.1 Å². The van der Waals surface area contributed by atoms with Gasteiger partial charge in [0.05, 0.1) is 17.5 Å². The molecule has 2 N–H and O–H groups in total. The zero-order valence-electron chi connectivity index (χ0n) is 14.1. The fourth-order valence-electron chi connectivity index (χ4n) is 2.44. The predicted octanol–water partition coefficient (Wildman–Crippen LogP) is 2.40. The van der Waals surface area contributed by atoms with E-state index in [4.69, 9.17) is 6.42 Å². The van der Waals surface area contributed by atoms with Crippen LogP contribution in [-0.2, 0) is 10.0 Å². The summed E-state index contributed by atoms with van der Waals surface area (Å²) in [5.74, 6) is 1.94. The maximum absolute atomic E-state index is 12.4. The van der Waals surface area contributed by atoms with E-state index in [-0.39, 0.29) is 23.4 Å². The number of hydrogen-bond donors (Lipinski definition) is 2. The summed E-state index contributed by atoms with van der Waals surface area (Å²) in [7, 11) is -3.66. The van der Waals surface area contributed by atoms with Crippen LogP contribution in [0, 0.1) is 19.3 Å². The van der Waals surface area contributed by atoms with Crippen molar-refractivity contribution in [1.29, 1.82) is 0 Å². The normalized spacial score (nSPS) is 12.2. The topological polar surface area (TPSA) is 75.3 Å². The largest absolute Gasteiger partial charge is 0.346 e. The minimum Gasteiger partial charge on any atom is -0.346 e. The summed E-state index contributed by atoms with van der Waals surface area (Å²) in [6.45, 7) is 3.81. The van der Waals surface area contributed by atoms with Crippen molar-refractivity contribution in [2.45, 2.75) is 24.8 Å². The molecule has 0 saturated heterocycles. The van der Waals surface area contributed by atoms with Gasteiger partial charge in [-0.1, -0.05) is 30.2 Å². The summed E-state index contributed by atoms with van der Waals surface area (Å²) < 4.78 is 26.2. The number of aryl methyl sites for hydroxylation is 1. The Kier molecular flexibility index (Phi) is 5.97. The van der Waals surface area contributed by atoms with Gasteiger partial charge in [0, 0.05) is 5.56 Å². The Hall–Kier alpha value is -2.62. The van der Waals surface area contributed by atoms with Crippen molar-refractivity contribution < 1.29 is 13.2 Å². The van der Waals surface area contributed by atoms with Crippen LogP contribution in [0.4, 0.5) is 0 Å². The molecule has 0 aliphatic rings. The highest BCUT2D eigenvalue weighted by atomic mass is 32.2. The van der Waals surface area contributed by atoms with Crippen molar-refractivity contribution in [3.63, 3.8) is 0 Å². The second-order valence-corrected chi connectivity index (χ2v) is 7.37. The molecule has 5 nitrogen and oxygen atoms in total. The van der Waals surface area contributed by atoms with Gasteiger partial charge < -0.3 is 5.32 Å². The lowest BCUT2D eigenvalue weighted by Crippen LogP contribution is -2.27. The Bertz CT molecular complexity index is 897. The van der Waals surface area contributed by atoms with Gasteiger partial charge in [0.1, 0.15) is 0 Å². The lowest BCUT2D eigenvalue weighted by molar-refractivity contribution is 0.0939. The third-order valence-electron chi connectivity index (χ3n) is 3.79. The lowest BCUT2D eigenvalue weighted by Gasteiger charge is -2.16. The molecule has 2 aromatic rings. The quantitative estimate of drug-likeness (QED) is 0.781. The van der Waals surface area contributed by atoms with Gasteiger partial charge in [-0.2, -0.15) is 4.72 Å². The predicted molar refractivity (Wildman–Crippen MR) is 97.5 cm³/mol. The number of terminal acetylenes is 1. The van der Waals surface area contributed by atoms with Crippen molar-refractivity contribution in [3.8, 4) is 12.3 Å². The van der Waals surface area contributed by atoms with Crippen LogP contribution in [0.15, 0.2) is 53.4 Å². The second kappa shape index (κ2) is 7.97. The summed E-state index contributed by atoms with van der Waals surface area (Å²) in [6.07, 6.45) is 5.05. The number of sulfonamides is 1. The molecule has 0 fully saturated rings. The van der Waals surface area contributed by atoms with E-state index < -0.39 is 10.0 Å². The Morgan fingerprint density at radius 3 is 2.40 bits per heavy atom. The standard InChI is InChI=1S/C19H20N2O3S/c1-4-13-20-25(23,24)17-11-9-16(10-12-17)19(22)21-15(3)18-8-6-5-7-14(18)2/h1,5-12,15,20H,13H2,2-3H3,(H,21,22)/t15-/m1/s1. The highest BCUT2D eigenvalue weighted by Gasteiger charge is 2.16. The van der Waals surface area contributed by atoms with Crippen LogP contribution in [0.1, 0.15) is 34.5 Å². The van der Waals surface area contributed by atoms with Gasteiger partial charge in [-0.25, -0.2) is 8.42 Å². The lowest BCUT2D eigenvalue weighted by atomic mass is 10.0. The Labute approximate surface area is 148 Å². The van der Waals surface area contributed by atoms with Crippen LogP contribution in [0.3, 0.4) is 0 Å². The fraction of sp³-hybridized carbons (Fsp3) is 0.211. The van der Waals surface area contributed by atoms with Gasteiger partial charge in [0.15, 0.2) is 0 Å². The molecular weight excluding hydrogens is 336 g/mol. The van der Waals surface area contributed by atoms with Crippen molar-refractivity contribution in [2.24, 2.45) is 0 Å². The van der Waals surface area contributed by atoms with Gasteiger partial charge in [-0.3, -0.25) is 4.79 Å². The minimum atomic E-state index is -3.66. The first kappa shape index (κ1) is 18.7. The average Bonchev–Trinajstić information content (AvgIpc) is 2.60. The highest BCUT2D eigenvalue weighted by molar-refractivity contribution is 7.89. The summed E-state index contributed by atoms with van der Waals surface area (Å²) >= 11 is 0. The van der Waals surface area contributed by atoms with Gasteiger partial charge in [0.2, 0.25) is 10.0 Å². The van der Waals surface area contributed by atoms with Crippen LogP contribution in [0.25, 0.3) is 0 Å². The molecule has 0 saturated carbocycles. The van der Waals surface area contributed by atoms with Crippen molar-refractivity contribution >= 4 is 15.9 Å². The van der Waals surface area contributed by atoms with E-state index in [1.807, 2.05) is 38.1 Å². The summed E-state index contributed by atoms with van der Waals surface area (Å²) in [6, 6.07) is 13.4. The number of carbonyl (C=O) groups is 1. The van der Waals surface area contributed by atoms with Crippen LogP contribution in [0.5, 0.6) is 0 Å². The van der Waals surface area contributed by atoms with E-state index in [9.17, 15) is 13.2 Å². The third-order valence-corrected chi connectivity index (χ3v) is 5.21. The van der Waals surface area contributed by atoms with Crippen LogP contribution in [-0.4, -0.2) is 20.9 Å². The van der Waals surface area contributed by atoms with Gasteiger partial charge in [-0.15, -0.1) is 6.42 Å². The molecule has 25 heavy (non-hydrogen) atoms. The average molecular weight is 356 g/mol. The van der Waals surface area contributed by atoms with Crippen molar-refractivity contribution in [3.05, 3.63) is 65.2 Å². The molecule has 0 aliphatic heterocycles. The van der Waals surface area contributed by atoms with Gasteiger partial charge in [-0.05, 0) is 49.2 Å². The molecule has 0 bridgehead atoms. The minimum absolute atomic E-state index is 0.0613. The summed E-state index contributed by atoms with van der Waals surface area (Å²) in [4.78, 5) is 12.4. The second-order valence-electron chi connectivity index (χ2n) is 5.60. The van der Waals surface area contributed by atoms with Gasteiger partial charge >= 0.3 is 0 Å². The first-order chi connectivity index (χ1) is 11.8. The summed E-state index contributed by atoms with van der Waals surface area (Å²) in [5.41, 5.74) is 2.51. The zero-order valence-corrected chi connectivity index (χ0v) is 14.9. The first-order valence-corrected chi connectivity index (χ1v) is 9.23. The van der Waals surface area contributed by atoms with Crippen molar-refractivity contribution in [2.75, 3.05) is 6.54 Å². The third kappa shape index (κ3) is 4.69. The summed E-state index contributed by atoms with van der Waals surface area (Å²) in [5, 5.41) is 2.92. The van der Waals surface area contributed by atoms with E-state index in [1.54, 1.807) is 0 Å². The van der Waals surface area contributed by atoms with Gasteiger partial charge in [0.25, 0.3) is 5.91 Å². The van der Waals surface area contributed by atoms with E-state index in [2.05, 4.69) is 16.0 Å². The Morgan fingerprint density at radius 2 is 1.80 bits per heavy atom. The molecule has 0 aliphatic carbocycles. The molecule has 0 radical (unpaired) electrons. The van der Waals surface area contributed by atoms with Crippen molar-refractivity contribution in [1.82, 2.24) is 10.0 Å². The molecule has 0 heterocycles. The maximum atomic E-state index is 12.4. The first-order valence-electron chi connectivity index (χ1n) is 7.74. The van der Waals surface area contributed by atoms with E-state index in [0.29, 0.717) is 5.56 Å². The molecule has 1 amide bonds. The number of amides is 1. The Morgan fingerprint density at radius 1 is 1.16 bits per heavy atom. The highest BCUT2D eigenvalue weighted by Crippen LogP contribution is 2.18. The molecule has 2 rings (SSSR count). The fourth-order valence-corrected chi connectivity index (χ4v) is 3.37. The molecule has 0 aromatic heterocycles. The number of rotatable bonds is 6. The maximum Gasteiger partial charge on any atom is 0.251 e. The SMILES string of the molecule is C#CCNS(=O)(=O)c1ccc(C(=O)N[C@H](C)c2ccccc2C)cc1. The smallest absolute Gasteiger partial charge is 0.251 e. The molecule has 6 heteroatoms. The van der Waals surface area contributed by atoms with Crippen LogP contribution >= 0.6 is 0 Å². The number of benzene rings is 2. The molecule has 2 aromatic carbocycles. The number of carbonyl (C=O) groups excluding carboxylic acids is 1. The number of nitrogens with one attached hydrogen (secondary N) is 2. The Balaban J connectivity index is 2.11. The molecule has 1 atom stereocenters. The molecular formula is C19H20N2O3S. The zero-order chi connectivity index (χ0) is 18.4. The monoisotopic (exact) mass is 356 g/mol. The van der Waals surface area contributed by atoms with Crippen LogP contribution in [0.2, 0.25) is 0 Å². The van der Waals surface area contributed by atoms with Crippen LogP contribution < -0.4 is 10.0 Å². The molecule has 0 unspecified atom stereocenters. The molecule has 0 spiro atoms. The van der Waals surface area contributed by atoms with E-state index in [1.165, 1.54) is 24.3 Å². The number of hydrogen-bond acceptors (Lipinski definition) is 3. The molecule has 130 valence electrons.